The van der Waals surface area contributed by atoms with Gasteiger partial charge in [-0.2, -0.15) is 11.8 Å². The zero-order chi connectivity index (χ0) is 12.2. The summed E-state index contributed by atoms with van der Waals surface area (Å²) in [5, 5.41) is 3.34. The molecule has 1 aromatic heterocycles. The van der Waals surface area contributed by atoms with Crippen LogP contribution in [0.5, 0.6) is 0 Å². The molecule has 1 aromatic rings. The topological polar surface area (TPSA) is 38.9 Å². The molecule has 0 amide bonds. The van der Waals surface area contributed by atoms with Crippen LogP contribution in [0.1, 0.15) is 38.4 Å². The van der Waals surface area contributed by atoms with Crippen LogP contribution in [0, 0.1) is 0 Å². The Balaban J connectivity index is 2.52. The SMILES string of the molecule is CCSCC(N)Cc1nc(C(C)(C)C)cs1. The Bertz CT molecular complexity index is 315. The quantitative estimate of drug-likeness (QED) is 0.882. The lowest BCUT2D eigenvalue weighted by Crippen LogP contribution is -2.25. The van der Waals surface area contributed by atoms with Crippen molar-refractivity contribution >= 4 is 23.1 Å². The van der Waals surface area contributed by atoms with Crippen LogP contribution in [0.3, 0.4) is 0 Å². The average Bonchev–Trinajstić information content (AvgIpc) is 2.62. The van der Waals surface area contributed by atoms with Crippen LogP contribution in [0.15, 0.2) is 5.38 Å². The lowest BCUT2D eigenvalue weighted by molar-refractivity contribution is 0.569. The Labute approximate surface area is 107 Å². The number of thioether (sulfide) groups is 1. The van der Waals surface area contributed by atoms with E-state index in [-0.39, 0.29) is 11.5 Å². The van der Waals surface area contributed by atoms with Gasteiger partial charge in [0.25, 0.3) is 0 Å². The van der Waals surface area contributed by atoms with Gasteiger partial charge >= 0.3 is 0 Å². The standard InChI is InChI=1S/C12H22N2S2/c1-5-15-7-9(13)6-11-14-10(8-16-11)12(2,3)4/h8-9H,5-7,13H2,1-4H3. The Morgan fingerprint density at radius 3 is 2.69 bits per heavy atom. The molecule has 0 spiro atoms. The average molecular weight is 258 g/mol. The molecule has 0 aliphatic rings. The number of nitrogens with zero attached hydrogens (tertiary/aromatic N) is 1. The van der Waals surface area contributed by atoms with Gasteiger partial charge in [0.05, 0.1) is 10.7 Å². The molecule has 2 nitrogen and oxygen atoms in total. The van der Waals surface area contributed by atoms with Gasteiger partial charge in [-0.1, -0.05) is 27.7 Å². The second kappa shape index (κ2) is 6.03. The van der Waals surface area contributed by atoms with Gasteiger partial charge in [-0.3, -0.25) is 0 Å². The fraction of sp³-hybridized carbons (Fsp3) is 0.750. The number of rotatable bonds is 5. The van der Waals surface area contributed by atoms with Crippen molar-refractivity contribution in [2.24, 2.45) is 5.73 Å². The number of hydrogen-bond acceptors (Lipinski definition) is 4. The molecule has 1 heterocycles. The molecule has 0 fully saturated rings. The van der Waals surface area contributed by atoms with Crippen molar-refractivity contribution < 1.29 is 0 Å². The molecule has 0 radical (unpaired) electrons. The van der Waals surface area contributed by atoms with E-state index in [1.807, 2.05) is 11.8 Å². The molecule has 0 saturated heterocycles. The molecule has 2 N–H and O–H groups in total. The van der Waals surface area contributed by atoms with E-state index in [4.69, 9.17) is 5.73 Å². The van der Waals surface area contributed by atoms with E-state index >= 15 is 0 Å². The van der Waals surface area contributed by atoms with Gasteiger partial charge in [-0.25, -0.2) is 4.98 Å². The van der Waals surface area contributed by atoms with Crippen molar-refractivity contribution in [2.75, 3.05) is 11.5 Å². The predicted molar refractivity (Wildman–Crippen MR) is 75.5 cm³/mol. The molecule has 0 bridgehead atoms. The fourth-order valence-corrected chi connectivity index (χ4v) is 3.07. The van der Waals surface area contributed by atoms with Gasteiger partial charge in [0, 0.05) is 29.0 Å². The van der Waals surface area contributed by atoms with Crippen molar-refractivity contribution in [3.8, 4) is 0 Å². The van der Waals surface area contributed by atoms with Gasteiger partial charge in [-0.15, -0.1) is 11.3 Å². The molecule has 0 aromatic carbocycles. The zero-order valence-corrected chi connectivity index (χ0v) is 12.3. The summed E-state index contributed by atoms with van der Waals surface area (Å²) in [5.74, 6) is 2.17. The third-order valence-electron chi connectivity index (χ3n) is 2.29. The van der Waals surface area contributed by atoms with Crippen molar-refractivity contribution in [1.29, 1.82) is 0 Å². The summed E-state index contributed by atoms with van der Waals surface area (Å²) in [6.07, 6.45) is 0.910. The minimum atomic E-state index is 0.150. The molecule has 0 aliphatic heterocycles. The highest BCUT2D eigenvalue weighted by molar-refractivity contribution is 7.99. The van der Waals surface area contributed by atoms with E-state index in [1.54, 1.807) is 11.3 Å². The maximum absolute atomic E-state index is 6.06. The van der Waals surface area contributed by atoms with Crippen LogP contribution < -0.4 is 5.73 Å². The normalized spacial score (nSPS) is 14.1. The van der Waals surface area contributed by atoms with E-state index in [0.29, 0.717) is 0 Å². The van der Waals surface area contributed by atoms with Gasteiger partial charge in [0.1, 0.15) is 0 Å². The van der Waals surface area contributed by atoms with Gasteiger partial charge in [-0.05, 0) is 5.75 Å². The lowest BCUT2D eigenvalue weighted by Gasteiger charge is -2.14. The van der Waals surface area contributed by atoms with E-state index in [1.165, 1.54) is 10.7 Å². The highest BCUT2D eigenvalue weighted by Gasteiger charge is 2.18. The Morgan fingerprint density at radius 1 is 1.50 bits per heavy atom. The summed E-state index contributed by atoms with van der Waals surface area (Å²) in [5.41, 5.74) is 7.39. The predicted octanol–water partition coefficient (Wildman–Crippen LogP) is 3.06. The lowest BCUT2D eigenvalue weighted by atomic mass is 9.93. The first-order chi connectivity index (χ1) is 7.43. The molecule has 92 valence electrons. The highest BCUT2D eigenvalue weighted by atomic mass is 32.2. The monoisotopic (exact) mass is 258 g/mol. The number of thiazole rings is 1. The van der Waals surface area contributed by atoms with Crippen molar-refractivity contribution in [2.45, 2.75) is 45.6 Å². The Morgan fingerprint density at radius 2 is 2.19 bits per heavy atom. The molecule has 4 heteroatoms. The molecular formula is C12H22N2S2. The second-order valence-electron chi connectivity index (χ2n) is 5.00. The third-order valence-corrected chi connectivity index (χ3v) is 4.24. The van der Waals surface area contributed by atoms with Crippen LogP contribution in [0.4, 0.5) is 0 Å². The molecule has 16 heavy (non-hydrogen) atoms. The summed E-state index contributed by atoms with van der Waals surface area (Å²) in [7, 11) is 0. The molecule has 0 saturated carbocycles. The van der Waals surface area contributed by atoms with E-state index < -0.39 is 0 Å². The zero-order valence-electron chi connectivity index (χ0n) is 10.6. The first kappa shape index (κ1) is 14.0. The van der Waals surface area contributed by atoms with Gasteiger partial charge in [0.2, 0.25) is 0 Å². The smallest absolute Gasteiger partial charge is 0.0944 e. The van der Waals surface area contributed by atoms with Crippen LogP contribution in [-0.2, 0) is 11.8 Å². The second-order valence-corrected chi connectivity index (χ2v) is 7.26. The summed E-state index contributed by atoms with van der Waals surface area (Å²) >= 11 is 3.64. The van der Waals surface area contributed by atoms with E-state index in [9.17, 15) is 0 Å². The van der Waals surface area contributed by atoms with Crippen LogP contribution in [0.2, 0.25) is 0 Å². The maximum atomic E-state index is 6.06. The van der Waals surface area contributed by atoms with E-state index in [0.717, 1.165) is 17.9 Å². The van der Waals surface area contributed by atoms with Crippen LogP contribution in [0.25, 0.3) is 0 Å². The first-order valence-corrected chi connectivity index (χ1v) is 7.75. The molecule has 0 aliphatic carbocycles. The first-order valence-electron chi connectivity index (χ1n) is 5.71. The minimum Gasteiger partial charge on any atom is -0.327 e. The molecule has 1 rings (SSSR count). The third kappa shape index (κ3) is 4.44. The van der Waals surface area contributed by atoms with Gasteiger partial charge in [0.15, 0.2) is 0 Å². The molecule has 1 atom stereocenters. The largest absolute Gasteiger partial charge is 0.327 e. The highest BCUT2D eigenvalue weighted by Crippen LogP contribution is 2.24. The summed E-state index contributed by atoms with van der Waals surface area (Å²) < 4.78 is 0. The van der Waals surface area contributed by atoms with Crippen molar-refractivity contribution in [3.05, 3.63) is 16.1 Å². The van der Waals surface area contributed by atoms with Crippen molar-refractivity contribution in [3.63, 3.8) is 0 Å². The number of aromatic nitrogens is 1. The summed E-state index contributed by atoms with van der Waals surface area (Å²) in [6.45, 7) is 8.74. The molecular weight excluding hydrogens is 236 g/mol. The van der Waals surface area contributed by atoms with Crippen molar-refractivity contribution in [1.82, 2.24) is 4.98 Å². The number of hydrogen-bond donors (Lipinski definition) is 1. The minimum absolute atomic E-state index is 0.150. The maximum Gasteiger partial charge on any atom is 0.0944 e. The number of nitrogens with two attached hydrogens (primary N) is 1. The molecule has 1 unspecified atom stereocenters. The van der Waals surface area contributed by atoms with Crippen LogP contribution in [-0.4, -0.2) is 22.5 Å². The van der Waals surface area contributed by atoms with Gasteiger partial charge < -0.3 is 5.73 Å². The Kier molecular flexibility index (Phi) is 5.28. The summed E-state index contributed by atoms with van der Waals surface area (Å²) in [6, 6.07) is 0.240. The summed E-state index contributed by atoms with van der Waals surface area (Å²) in [4.78, 5) is 4.66. The Hall–Kier alpha value is -0.0600. The fourth-order valence-electron chi connectivity index (χ4n) is 1.30. The van der Waals surface area contributed by atoms with Crippen LogP contribution >= 0.6 is 23.1 Å². The van der Waals surface area contributed by atoms with E-state index in [2.05, 4.69) is 38.1 Å².